The normalized spacial score (nSPS) is 14.4. The standard InChI is InChI=1S/C19H20ClN3O3/c20-16-6-1-5-15(13-16)19(7-2-8-19)18(25)26-14-17(24)23(11-3-9-21)12-4-10-22/h1,5-6,13H,2-4,7-8,11-12,14H2. The Morgan fingerprint density at radius 2 is 1.85 bits per heavy atom. The maximum Gasteiger partial charge on any atom is 0.317 e. The minimum atomic E-state index is -0.741. The van der Waals surface area contributed by atoms with Crippen molar-refractivity contribution in [1.29, 1.82) is 10.5 Å². The van der Waals surface area contributed by atoms with Gasteiger partial charge in [0.05, 0.1) is 30.4 Å². The molecule has 0 radical (unpaired) electrons. The van der Waals surface area contributed by atoms with Gasteiger partial charge in [-0.25, -0.2) is 0 Å². The Morgan fingerprint density at radius 3 is 2.35 bits per heavy atom. The first-order chi connectivity index (χ1) is 12.5. The molecule has 0 spiro atoms. The van der Waals surface area contributed by atoms with Gasteiger partial charge in [-0.3, -0.25) is 9.59 Å². The van der Waals surface area contributed by atoms with Gasteiger partial charge in [-0.2, -0.15) is 10.5 Å². The Balaban J connectivity index is 2.00. The molecule has 1 aromatic rings. The van der Waals surface area contributed by atoms with Gasteiger partial charge in [0, 0.05) is 18.1 Å². The lowest BCUT2D eigenvalue weighted by Crippen LogP contribution is -2.45. The molecule has 0 bridgehead atoms. The second-order valence-electron chi connectivity index (χ2n) is 6.22. The predicted octanol–water partition coefficient (Wildman–Crippen LogP) is 2.96. The molecule has 0 unspecified atom stereocenters. The molecule has 1 fully saturated rings. The van der Waals surface area contributed by atoms with Crippen LogP contribution in [-0.2, 0) is 19.7 Å². The molecule has 2 rings (SSSR count). The quantitative estimate of drug-likeness (QED) is 0.653. The summed E-state index contributed by atoms with van der Waals surface area (Å²) in [6.07, 6.45) is 2.56. The van der Waals surface area contributed by atoms with Gasteiger partial charge in [-0.15, -0.1) is 0 Å². The molecule has 1 aliphatic rings. The maximum atomic E-state index is 12.7. The van der Waals surface area contributed by atoms with E-state index in [1.807, 2.05) is 18.2 Å². The number of hydrogen-bond acceptors (Lipinski definition) is 5. The average Bonchev–Trinajstić information content (AvgIpc) is 2.59. The zero-order valence-corrected chi connectivity index (χ0v) is 15.2. The van der Waals surface area contributed by atoms with Gasteiger partial charge in [-0.05, 0) is 30.5 Å². The summed E-state index contributed by atoms with van der Waals surface area (Å²) < 4.78 is 5.31. The van der Waals surface area contributed by atoms with Crippen LogP contribution in [-0.4, -0.2) is 36.5 Å². The third-order valence-electron chi connectivity index (χ3n) is 4.64. The van der Waals surface area contributed by atoms with E-state index in [0.29, 0.717) is 17.9 Å². The van der Waals surface area contributed by atoms with Gasteiger partial charge >= 0.3 is 5.97 Å². The number of nitrogens with zero attached hydrogens (tertiary/aromatic N) is 3. The fourth-order valence-electron chi connectivity index (χ4n) is 3.01. The monoisotopic (exact) mass is 373 g/mol. The maximum absolute atomic E-state index is 12.7. The number of carbonyl (C=O) groups excluding carboxylic acids is 2. The summed E-state index contributed by atoms with van der Waals surface area (Å²) in [5.74, 6) is -0.829. The Morgan fingerprint density at radius 1 is 1.19 bits per heavy atom. The van der Waals surface area contributed by atoms with Crippen molar-refractivity contribution in [3.05, 3.63) is 34.9 Å². The van der Waals surface area contributed by atoms with Crippen molar-refractivity contribution in [1.82, 2.24) is 4.90 Å². The molecule has 0 saturated heterocycles. The summed E-state index contributed by atoms with van der Waals surface area (Å²) >= 11 is 6.04. The molecule has 0 heterocycles. The summed E-state index contributed by atoms with van der Waals surface area (Å²) in [7, 11) is 0. The van der Waals surface area contributed by atoms with Crippen LogP contribution in [0.25, 0.3) is 0 Å². The molecule has 26 heavy (non-hydrogen) atoms. The van der Waals surface area contributed by atoms with Crippen LogP contribution in [0, 0.1) is 22.7 Å². The van der Waals surface area contributed by atoms with Crippen molar-refractivity contribution in [2.24, 2.45) is 0 Å². The molecule has 136 valence electrons. The Kier molecular flexibility index (Phi) is 7.00. The van der Waals surface area contributed by atoms with Crippen LogP contribution in [0.1, 0.15) is 37.7 Å². The number of hydrogen-bond donors (Lipinski definition) is 0. The zero-order chi connectivity index (χ0) is 19.0. The molecule has 0 N–H and O–H groups in total. The third kappa shape index (κ3) is 4.53. The van der Waals surface area contributed by atoms with E-state index < -0.39 is 23.9 Å². The SMILES string of the molecule is N#CCCN(CCC#N)C(=O)COC(=O)C1(c2cccc(Cl)c2)CCC1. The highest BCUT2D eigenvalue weighted by Gasteiger charge is 2.47. The number of carbonyl (C=O) groups is 2. The summed E-state index contributed by atoms with van der Waals surface area (Å²) in [6, 6.07) is 11.1. The molecule has 0 aromatic heterocycles. The molecular weight excluding hydrogens is 354 g/mol. The van der Waals surface area contributed by atoms with Crippen molar-refractivity contribution >= 4 is 23.5 Å². The first kappa shape index (κ1) is 19.8. The molecule has 1 aliphatic carbocycles. The topological polar surface area (TPSA) is 94.2 Å². The molecular formula is C19H20ClN3O3. The van der Waals surface area contributed by atoms with Crippen LogP contribution in [0.3, 0.4) is 0 Å². The molecule has 0 aliphatic heterocycles. The Hall–Kier alpha value is -2.57. The molecule has 0 atom stereocenters. The van der Waals surface area contributed by atoms with E-state index in [1.54, 1.807) is 18.2 Å². The van der Waals surface area contributed by atoms with Gasteiger partial charge < -0.3 is 9.64 Å². The number of halogens is 1. The smallest absolute Gasteiger partial charge is 0.317 e. The number of rotatable bonds is 8. The highest BCUT2D eigenvalue weighted by atomic mass is 35.5. The van der Waals surface area contributed by atoms with Gasteiger partial charge in [0.1, 0.15) is 0 Å². The molecule has 1 aromatic carbocycles. The summed E-state index contributed by atoms with van der Waals surface area (Å²) in [5.41, 5.74) is 0.0644. The van der Waals surface area contributed by atoms with Crippen molar-refractivity contribution in [3.63, 3.8) is 0 Å². The Bertz CT molecular complexity index is 729. The van der Waals surface area contributed by atoms with Crippen molar-refractivity contribution in [2.75, 3.05) is 19.7 Å². The molecule has 1 amide bonds. The predicted molar refractivity (Wildman–Crippen MR) is 95.0 cm³/mol. The zero-order valence-electron chi connectivity index (χ0n) is 14.4. The van der Waals surface area contributed by atoms with E-state index >= 15 is 0 Å². The second kappa shape index (κ2) is 9.22. The van der Waals surface area contributed by atoms with Crippen LogP contribution >= 0.6 is 11.6 Å². The summed E-state index contributed by atoms with van der Waals surface area (Å²) in [5, 5.41) is 17.9. The molecule has 6 nitrogen and oxygen atoms in total. The number of benzene rings is 1. The van der Waals surface area contributed by atoms with Crippen LogP contribution in [0.4, 0.5) is 0 Å². The fourth-order valence-corrected chi connectivity index (χ4v) is 3.21. The van der Waals surface area contributed by atoms with Crippen molar-refractivity contribution < 1.29 is 14.3 Å². The van der Waals surface area contributed by atoms with E-state index in [9.17, 15) is 9.59 Å². The van der Waals surface area contributed by atoms with Gasteiger partial charge in [0.15, 0.2) is 6.61 Å². The highest BCUT2D eigenvalue weighted by molar-refractivity contribution is 6.30. The lowest BCUT2D eigenvalue weighted by atomic mass is 9.64. The Labute approximate surface area is 157 Å². The minimum absolute atomic E-state index is 0.164. The van der Waals surface area contributed by atoms with Crippen LogP contribution in [0.5, 0.6) is 0 Å². The third-order valence-corrected chi connectivity index (χ3v) is 4.88. The van der Waals surface area contributed by atoms with Crippen molar-refractivity contribution in [2.45, 2.75) is 37.5 Å². The first-order valence-electron chi connectivity index (χ1n) is 8.48. The van der Waals surface area contributed by atoms with Crippen molar-refractivity contribution in [3.8, 4) is 12.1 Å². The van der Waals surface area contributed by atoms with Crippen LogP contribution in [0.2, 0.25) is 5.02 Å². The number of nitriles is 2. The van der Waals surface area contributed by atoms with Gasteiger partial charge in [0.25, 0.3) is 5.91 Å². The summed E-state index contributed by atoms with van der Waals surface area (Å²) in [6.45, 7) is 0.0417. The molecule has 1 saturated carbocycles. The highest BCUT2D eigenvalue weighted by Crippen LogP contribution is 2.45. The fraction of sp³-hybridized carbons (Fsp3) is 0.474. The first-order valence-corrected chi connectivity index (χ1v) is 8.86. The van der Waals surface area contributed by atoms with Gasteiger partial charge in [0.2, 0.25) is 0 Å². The van der Waals surface area contributed by atoms with E-state index in [-0.39, 0.29) is 25.9 Å². The van der Waals surface area contributed by atoms with E-state index in [4.69, 9.17) is 26.9 Å². The summed E-state index contributed by atoms with van der Waals surface area (Å²) in [4.78, 5) is 26.3. The van der Waals surface area contributed by atoms with Gasteiger partial charge in [-0.1, -0.05) is 30.2 Å². The average molecular weight is 374 g/mol. The van der Waals surface area contributed by atoms with E-state index in [2.05, 4.69) is 0 Å². The molecule has 7 heteroatoms. The number of amides is 1. The van der Waals surface area contributed by atoms with Crippen LogP contribution < -0.4 is 0 Å². The van der Waals surface area contributed by atoms with E-state index in [1.165, 1.54) is 4.90 Å². The minimum Gasteiger partial charge on any atom is -0.455 e. The lowest BCUT2D eigenvalue weighted by Gasteiger charge is -2.39. The van der Waals surface area contributed by atoms with E-state index in [0.717, 1.165) is 12.0 Å². The van der Waals surface area contributed by atoms with Crippen LogP contribution in [0.15, 0.2) is 24.3 Å². The number of ether oxygens (including phenoxy) is 1. The number of esters is 1. The lowest BCUT2D eigenvalue weighted by molar-refractivity contribution is -0.160. The second-order valence-corrected chi connectivity index (χ2v) is 6.66. The largest absolute Gasteiger partial charge is 0.455 e.